The third-order valence-electron chi connectivity index (χ3n) is 5.54. The molecule has 2 N–H and O–H groups in total. The summed E-state index contributed by atoms with van der Waals surface area (Å²) in [5.41, 5.74) is 7.05. The Hall–Kier alpha value is -3.21. The highest BCUT2D eigenvalue weighted by Crippen LogP contribution is 2.31. The van der Waals surface area contributed by atoms with Gasteiger partial charge in [-0.2, -0.15) is 0 Å². The number of amides is 2. The first-order chi connectivity index (χ1) is 13.9. The van der Waals surface area contributed by atoms with Crippen molar-refractivity contribution in [2.24, 2.45) is 0 Å². The smallest absolute Gasteiger partial charge is 0.256 e. The molecule has 0 fully saturated rings. The van der Waals surface area contributed by atoms with Gasteiger partial charge in [-0.15, -0.1) is 0 Å². The van der Waals surface area contributed by atoms with E-state index < -0.39 is 0 Å². The zero-order chi connectivity index (χ0) is 20.5. The van der Waals surface area contributed by atoms with Crippen molar-refractivity contribution in [3.63, 3.8) is 0 Å². The summed E-state index contributed by atoms with van der Waals surface area (Å²) in [6.07, 6.45) is 3.97. The zero-order valence-electron chi connectivity index (χ0n) is 17.1. The van der Waals surface area contributed by atoms with Crippen LogP contribution < -0.4 is 10.6 Å². The molecule has 2 amide bonds. The average Bonchev–Trinajstić information content (AvgIpc) is 2.69. The van der Waals surface area contributed by atoms with Crippen molar-refractivity contribution in [3.05, 3.63) is 64.3 Å². The third kappa shape index (κ3) is 3.73. The fourth-order valence-corrected chi connectivity index (χ4v) is 4.08. The molecule has 0 bridgehead atoms. The maximum absolute atomic E-state index is 13.5. The van der Waals surface area contributed by atoms with E-state index in [9.17, 15) is 9.59 Å². The SMILES string of the molecule is CC(=O)Nc1cccc(NC(=O)c2c3c(nc4ccc(C)cc24)CCCC3)c1C. The van der Waals surface area contributed by atoms with Crippen molar-refractivity contribution in [1.29, 1.82) is 0 Å². The lowest BCUT2D eigenvalue weighted by Gasteiger charge is -2.21. The number of hydrogen-bond acceptors (Lipinski definition) is 3. The molecule has 0 aliphatic heterocycles. The van der Waals surface area contributed by atoms with Crippen LogP contribution in [0.5, 0.6) is 0 Å². The summed E-state index contributed by atoms with van der Waals surface area (Å²) in [7, 11) is 0. The first kappa shape index (κ1) is 19.1. The molecule has 29 heavy (non-hydrogen) atoms. The van der Waals surface area contributed by atoms with Gasteiger partial charge in [-0.25, -0.2) is 0 Å². The van der Waals surface area contributed by atoms with Crippen LogP contribution in [0.3, 0.4) is 0 Å². The fraction of sp³-hybridized carbons (Fsp3) is 0.292. The molecule has 1 aliphatic carbocycles. The van der Waals surface area contributed by atoms with Gasteiger partial charge in [0.2, 0.25) is 5.91 Å². The first-order valence-corrected chi connectivity index (χ1v) is 10.0. The molecule has 0 radical (unpaired) electrons. The minimum Gasteiger partial charge on any atom is -0.326 e. The number of nitrogens with zero attached hydrogens (tertiary/aromatic N) is 1. The van der Waals surface area contributed by atoms with E-state index in [0.29, 0.717) is 11.4 Å². The summed E-state index contributed by atoms with van der Waals surface area (Å²) < 4.78 is 0. The van der Waals surface area contributed by atoms with Gasteiger partial charge in [0.25, 0.3) is 5.91 Å². The number of benzene rings is 2. The van der Waals surface area contributed by atoms with Crippen LogP contribution in [0.1, 0.15) is 52.5 Å². The van der Waals surface area contributed by atoms with E-state index in [4.69, 9.17) is 4.98 Å². The zero-order valence-corrected chi connectivity index (χ0v) is 17.1. The Bertz CT molecular complexity index is 1130. The Morgan fingerprint density at radius 3 is 2.45 bits per heavy atom. The van der Waals surface area contributed by atoms with Crippen molar-refractivity contribution in [3.8, 4) is 0 Å². The maximum Gasteiger partial charge on any atom is 0.256 e. The van der Waals surface area contributed by atoms with Crippen LogP contribution in [0.4, 0.5) is 11.4 Å². The minimum atomic E-state index is -0.138. The van der Waals surface area contributed by atoms with Crippen molar-refractivity contribution in [1.82, 2.24) is 4.98 Å². The van der Waals surface area contributed by atoms with Crippen LogP contribution >= 0.6 is 0 Å². The van der Waals surface area contributed by atoms with Crippen LogP contribution in [0, 0.1) is 13.8 Å². The molecule has 5 heteroatoms. The fourth-order valence-electron chi connectivity index (χ4n) is 4.08. The van der Waals surface area contributed by atoms with Crippen LogP contribution in [-0.4, -0.2) is 16.8 Å². The molecular weight excluding hydrogens is 362 g/mol. The predicted octanol–water partition coefficient (Wildman–Crippen LogP) is 4.94. The molecule has 1 aliphatic rings. The van der Waals surface area contributed by atoms with Crippen molar-refractivity contribution < 1.29 is 9.59 Å². The number of anilines is 2. The number of carbonyl (C=O) groups excluding carboxylic acids is 2. The van der Waals surface area contributed by atoms with E-state index in [1.54, 1.807) is 0 Å². The van der Waals surface area contributed by atoms with Crippen LogP contribution in [-0.2, 0) is 17.6 Å². The number of carbonyl (C=O) groups is 2. The van der Waals surface area contributed by atoms with Crippen LogP contribution in [0.15, 0.2) is 36.4 Å². The van der Waals surface area contributed by atoms with Gasteiger partial charge in [-0.1, -0.05) is 17.7 Å². The van der Waals surface area contributed by atoms with Crippen molar-refractivity contribution in [2.75, 3.05) is 10.6 Å². The highest BCUT2D eigenvalue weighted by Gasteiger charge is 2.23. The molecule has 148 valence electrons. The normalized spacial score (nSPS) is 13.1. The van der Waals surface area contributed by atoms with E-state index >= 15 is 0 Å². The van der Waals surface area contributed by atoms with Crippen molar-refractivity contribution in [2.45, 2.75) is 46.5 Å². The van der Waals surface area contributed by atoms with Gasteiger partial charge >= 0.3 is 0 Å². The van der Waals surface area contributed by atoms with Crippen LogP contribution in [0.25, 0.3) is 10.9 Å². The number of aryl methyl sites for hydroxylation is 2. The molecule has 3 aromatic rings. The molecule has 2 aromatic carbocycles. The van der Waals surface area contributed by atoms with Gasteiger partial charge in [0.1, 0.15) is 0 Å². The average molecular weight is 387 g/mol. The maximum atomic E-state index is 13.5. The van der Waals surface area contributed by atoms with Gasteiger partial charge in [0.05, 0.1) is 11.1 Å². The van der Waals surface area contributed by atoms with Gasteiger partial charge in [-0.3, -0.25) is 14.6 Å². The van der Waals surface area contributed by atoms with Crippen LogP contribution in [0.2, 0.25) is 0 Å². The summed E-state index contributed by atoms with van der Waals surface area (Å²) in [6, 6.07) is 11.6. The molecule has 5 nitrogen and oxygen atoms in total. The summed E-state index contributed by atoms with van der Waals surface area (Å²) >= 11 is 0. The van der Waals surface area contributed by atoms with E-state index in [2.05, 4.69) is 10.6 Å². The highest BCUT2D eigenvalue weighted by molar-refractivity contribution is 6.14. The molecule has 0 saturated heterocycles. The lowest BCUT2D eigenvalue weighted by molar-refractivity contribution is -0.114. The quantitative estimate of drug-likeness (QED) is 0.669. The van der Waals surface area contributed by atoms with Gasteiger partial charge < -0.3 is 10.6 Å². The Balaban J connectivity index is 1.80. The lowest BCUT2D eigenvalue weighted by atomic mass is 9.89. The summed E-state index contributed by atoms with van der Waals surface area (Å²) in [4.78, 5) is 29.8. The second-order valence-electron chi connectivity index (χ2n) is 7.75. The third-order valence-corrected chi connectivity index (χ3v) is 5.54. The Kier molecular flexibility index (Phi) is 5.05. The Labute approximate surface area is 170 Å². The molecule has 0 atom stereocenters. The topological polar surface area (TPSA) is 71.1 Å². The molecule has 4 rings (SSSR count). The second-order valence-corrected chi connectivity index (χ2v) is 7.75. The Morgan fingerprint density at radius 1 is 0.966 bits per heavy atom. The Morgan fingerprint density at radius 2 is 1.69 bits per heavy atom. The molecule has 0 unspecified atom stereocenters. The predicted molar refractivity (Wildman–Crippen MR) is 117 cm³/mol. The highest BCUT2D eigenvalue weighted by atomic mass is 16.2. The van der Waals surface area contributed by atoms with Crippen molar-refractivity contribution >= 4 is 34.1 Å². The summed E-state index contributed by atoms with van der Waals surface area (Å²) in [5, 5.41) is 6.80. The largest absolute Gasteiger partial charge is 0.326 e. The monoisotopic (exact) mass is 387 g/mol. The number of fused-ring (bicyclic) bond motifs is 2. The number of pyridine rings is 1. The minimum absolute atomic E-state index is 0.121. The number of nitrogens with one attached hydrogen (secondary N) is 2. The van der Waals surface area contributed by atoms with Gasteiger partial charge in [0.15, 0.2) is 0 Å². The number of aromatic nitrogens is 1. The van der Waals surface area contributed by atoms with Gasteiger partial charge in [-0.05, 0) is 74.9 Å². The summed E-state index contributed by atoms with van der Waals surface area (Å²) in [6.45, 7) is 5.40. The molecule has 0 saturated carbocycles. The molecule has 1 aromatic heterocycles. The van der Waals surface area contributed by atoms with E-state index in [1.807, 2.05) is 50.2 Å². The molecule has 0 spiro atoms. The second kappa shape index (κ2) is 7.66. The van der Waals surface area contributed by atoms with Gasteiger partial charge in [0, 0.05) is 29.4 Å². The first-order valence-electron chi connectivity index (χ1n) is 10.0. The standard InChI is InChI=1S/C24H25N3O2/c1-14-11-12-22-18(13-14)23(17-7-4-5-8-21(17)26-22)24(29)27-20-10-6-9-19(15(20)2)25-16(3)28/h6,9-13H,4-5,7-8H2,1-3H3,(H,25,28)(H,27,29). The number of rotatable bonds is 3. The molecular formula is C24H25N3O2. The van der Waals surface area contributed by atoms with E-state index in [-0.39, 0.29) is 11.8 Å². The lowest BCUT2D eigenvalue weighted by Crippen LogP contribution is -2.20. The number of hydrogen-bond donors (Lipinski definition) is 2. The summed E-state index contributed by atoms with van der Waals surface area (Å²) in [5.74, 6) is -0.259. The molecule has 1 heterocycles. The van der Waals surface area contributed by atoms with E-state index in [0.717, 1.165) is 64.5 Å². The van der Waals surface area contributed by atoms with E-state index in [1.165, 1.54) is 6.92 Å².